The number of carbonyl (C=O) groups is 2. The summed E-state index contributed by atoms with van der Waals surface area (Å²) in [5.41, 5.74) is -0.766. The summed E-state index contributed by atoms with van der Waals surface area (Å²) < 4.78 is 36.0. The number of ether oxygens (including phenoxy) is 2. The first-order chi connectivity index (χ1) is 32.6. The lowest BCUT2D eigenvalue weighted by Gasteiger charge is -2.45. The van der Waals surface area contributed by atoms with E-state index < -0.39 is 51.6 Å². The molecule has 2 aromatic rings. The molecule has 4 rings (SSSR count). The highest BCUT2D eigenvalue weighted by Gasteiger charge is 2.47. The van der Waals surface area contributed by atoms with Crippen molar-refractivity contribution in [1.82, 2.24) is 9.97 Å². The minimum absolute atomic E-state index is 0.0121. The number of aromatic nitrogens is 2. The summed E-state index contributed by atoms with van der Waals surface area (Å²) >= 11 is 0. The van der Waals surface area contributed by atoms with Crippen molar-refractivity contribution < 1.29 is 41.9 Å². The van der Waals surface area contributed by atoms with Gasteiger partial charge in [0.25, 0.3) is 0 Å². The van der Waals surface area contributed by atoms with Crippen molar-refractivity contribution in [3.05, 3.63) is 115 Å². The van der Waals surface area contributed by atoms with E-state index in [9.17, 15) is 14.7 Å². The summed E-state index contributed by atoms with van der Waals surface area (Å²) in [7, 11) is -2.95. The number of aliphatic hydroxyl groups is 1. The molecule has 0 amide bonds. The lowest BCUT2D eigenvalue weighted by Crippen LogP contribution is -2.51. The first-order valence-electron chi connectivity index (χ1n) is 25.4. The van der Waals surface area contributed by atoms with Gasteiger partial charge in [-0.1, -0.05) is 148 Å². The Hall–Kier alpha value is -4.15. The number of methoxy groups -OCH3 is 1. The van der Waals surface area contributed by atoms with Crippen molar-refractivity contribution in [2.24, 2.45) is 34.5 Å². The van der Waals surface area contributed by atoms with Gasteiger partial charge in [-0.15, -0.1) is 0 Å². The van der Waals surface area contributed by atoms with Gasteiger partial charge in [-0.2, -0.15) is 0 Å². The Labute approximate surface area is 423 Å². The molecule has 0 radical (unpaired) electrons. The summed E-state index contributed by atoms with van der Waals surface area (Å²) in [5, 5.41) is 11.4. The van der Waals surface area contributed by atoms with Crippen LogP contribution in [0.1, 0.15) is 148 Å². The summed E-state index contributed by atoms with van der Waals surface area (Å²) in [6.07, 6.45) is 34.7. The van der Waals surface area contributed by atoms with E-state index in [0.29, 0.717) is 54.7 Å². The predicted octanol–water partition coefficient (Wildman–Crippen LogP) is 14.2. The van der Waals surface area contributed by atoms with E-state index in [1.165, 1.54) is 19.6 Å². The van der Waals surface area contributed by atoms with Gasteiger partial charge in [0.15, 0.2) is 33.9 Å². The van der Waals surface area contributed by atoms with Crippen LogP contribution in [0.3, 0.4) is 0 Å². The van der Waals surface area contributed by atoms with Crippen LogP contribution in [0.2, 0.25) is 36.3 Å². The van der Waals surface area contributed by atoms with Crippen molar-refractivity contribution in [3.8, 4) is 0 Å². The van der Waals surface area contributed by atoms with Crippen LogP contribution >= 0.6 is 0 Å². The van der Waals surface area contributed by atoms with Crippen LogP contribution in [-0.4, -0.2) is 75.2 Å². The van der Waals surface area contributed by atoms with Gasteiger partial charge >= 0.3 is 11.9 Å². The van der Waals surface area contributed by atoms with Crippen LogP contribution in [-0.2, 0) is 24.7 Å². The highest BCUT2D eigenvalue weighted by molar-refractivity contribution is 6.74. The maximum Gasteiger partial charge on any atom is 0.360 e. The highest BCUT2D eigenvalue weighted by atomic mass is 28.4. The number of aliphatic hydroxyl groups excluding tert-OH is 1. The Kier molecular flexibility index (Phi) is 20.5. The molecule has 13 heteroatoms. The molecule has 0 unspecified atom stereocenters. The number of hydrogen-bond donors (Lipinski definition) is 1. The Morgan fingerprint density at radius 2 is 1.27 bits per heavy atom. The average Bonchev–Trinajstić information content (AvgIpc) is 4.07. The van der Waals surface area contributed by atoms with Gasteiger partial charge in [-0.3, -0.25) is 0 Å². The number of allylic oxidation sites excluding steroid dienone is 9. The SMILES string of the molecule is C/C=C/[C@H](O[Si](C)(C)C(C)(C)C)C(C)(C)[C@H](C/C=C\[C@H]1C[C@H]1/C=C/C=C\c1nc(C(=O)OC)co1)OC(=O)c1coc(C/C=C\C[C@H]2C[C@H]2/C=C\C[C@H](O)C(C)(C)[C@H](/C=C/C)O[Si](C)(C)C(C)(C)C)n1. The molecule has 388 valence electrons. The molecule has 2 aromatic heterocycles. The number of nitrogens with zero attached hydrogens (tertiary/aromatic N) is 2. The molecule has 0 spiro atoms. The summed E-state index contributed by atoms with van der Waals surface area (Å²) in [5.74, 6) is 1.52. The van der Waals surface area contributed by atoms with Crippen molar-refractivity contribution >= 4 is 34.6 Å². The van der Waals surface area contributed by atoms with Gasteiger partial charge in [0.1, 0.15) is 18.6 Å². The molecule has 70 heavy (non-hydrogen) atoms. The van der Waals surface area contributed by atoms with Crippen molar-refractivity contribution in [2.45, 2.75) is 182 Å². The second kappa shape index (κ2) is 24.5. The molecule has 2 fully saturated rings. The minimum atomic E-state index is -2.21. The molecule has 8 atom stereocenters. The third kappa shape index (κ3) is 16.4. The summed E-state index contributed by atoms with van der Waals surface area (Å²) in [4.78, 5) is 34.2. The molecular weight excluding hydrogens is 913 g/mol. The highest BCUT2D eigenvalue weighted by Crippen LogP contribution is 2.46. The number of carbonyl (C=O) groups excluding carboxylic acids is 2. The molecule has 2 heterocycles. The number of hydrogen-bond acceptors (Lipinski definition) is 11. The van der Waals surface area contributed by atoms with E-state index in [-0.39, 0.29) is 33.7 Å². The molecule has 0 aromatic carbocycles. The maximum atomic E-state index is 13.9. The Balaban J connectivity index is 1.34. The van der Waals surface area contributed by atoms with Crippen molar-refractivity contribution in [2.75, 3.05) is 7.11 Å². The number of rotatable bonds is 26. The molecule has 0 saturated heterocycles. The zero-order valence-corrected chi connectivity index (χ0v) is 47.7. The van der Waals surface area contributed by atoms with Crippen molar-refractivity contribution in [3.63, 3.8) is 0 Å². The second-order valence-electron chi connectivity index (χ2n) is 23.6. The standard InChI is InChI=1S/C57H88N2O9Si2/c1-18-26-48(67-69(14,15)54(3,4)5)56(9,10)46(60)32-24-30-42-36-40(42)28-21-23-35-51-59-45(39-65-51)53(62)66-47(57(11,12)49(27-19-2)68-70(16,17)55(6,7)8)33-25-31-43-37-41(43)29-20-22-34-50-58-44(38-64-50)52(61)63-13/h18-27,29-31,34,38-43,46-49,60H,28,32-33,35-37H2,1-17H3/b23-21-,26-18+,27-19+,29-20+,30-24-,31-25-,34-22-/t40-,41+,42+,43-,46-,47-,48-,49-/m0/s1. The van der Waals surface area contributed by atoms with E-state index in [0.717, 1.165) is 19.3 Å². The van der Waals surface area contributed by atoms with E-state index in [1.807, 2.05) is 38.2 Å². The van der Waals surface area contributed by atoms with Crippen LogP contribution < -0.4 is 0 Å². The second-order valence-corrected chi connectivity index (χ2v) is 33.1. The molecule has 2 aliphatic carbocycles. The van der Waals surface area contributed by atoms with Gasteiger partial charge in [-0.25, -0.2) is 19.6 Å². The van der Waals surface area contributed by atoms with E-state index in [4.69, 9.17) is 22.4 Å². The van der Waals surface area contributed by atoms with Crippen LogP contribution in [0.25, 0.3) is 6.08 Å². The van der Waals surface area contributed by atoms with Crippen molar-refractivity contribution in [1.29, 1.82) is 0 Å². The third-order valence-corrected chi connectivity index (χ3v) is 24.1. The quantitative estimate of drug-likeness (QED) is 0.0416. The van der Waals surface area contributed by atoms with Gasteiger partial charge in [0.05, 0.1) is 25.4 Å². The maximum absolute atomic E-state index is 13.9. The van der Waals surface area contributed by atoms with E-state index >= 15 is 0 Å². The molecular formula is C57H88N2O9Si2. The average molecular weight is 1000 g/mol. The smallest absolute Gasteiger partial charge is 0.360 e. The number of oxazole rings is 2. The normalized spacial score (nSPS) is 21.6. The molecule has 11 nitrogen and oxygen atoms in total. The van der Waals surface area contributed by atoms with Crippen LogP contribution in [0.15, 0.2) is 100 Å². The van der Waals surface area contributed by atoms with E-state index in [1.54, 1.807) is 6.08 Å². The van der Waals surface area contributed by atoms with Gasteiger partial charge < -0.3 is 32.3 Å². The Morgan fingerprint density at radius 3 is 1.87 bits per heavy atom. The predicted molar refractivity (Wildman–Crippen MR) is 287 cm³/mol. The Bertz CT molecular complexity index is 2220. The fraction of sp³-hybridized carbons (Fsp3) is 0.614. The van der Waals surface area contributed by atoms with E-state index in [2.05, 4.69) is 165 Å². The van der Waals surface area contributed by atoms with Gasteiger partial charge in [0, 0.05) is 29.7 Å². The first kappa shape index (κ1) is 58.4. The summed E-state index contributed by atoms with van der Waals surface area (Å²) in [6, 6.07) is 0. The summed E-state index contributed by atoms with van der Waals surface area (Å²) in [6.45, 7) is 34.9. The van der Waals surface area contributed by atoms with Crippen LogP contribution in [0.5, 0.6) is 0 Å². The fourth-order valence-corrected chi connectivity index (χ4v) is 10.4. The topological polar surface area (TPSA) is 143 Å². The fourth-order valence-electron chi connectivity index (χ4n) is 7.66. The zero-order valence-electron chi connectivity index (χ0n) is 45.7. The zero-order chi connectivity index (χ0) is 52.3. The lowest BCUT2D eigenvalue weighted by molar-refractivity contribution is -0.0420. The largest absolute Gasteiger partial charge is 0.464 e. The van der Waals surface area contributed by atoms with Crippen LogP contribution in [0.4, 0.5) is 0 Å². The number of esters is 2. The van der Waals surface area contributed by atoms with Crippen LogP contribution in [0, 0.1) is 34.5 Å². The Morgan fingerprint density at radius 1 is 0.714 bits per heavy atom. The third-order valence-electron chi connectivity index (χ3n) is 15.2. The molecule has 2 saturated carbocycles. The molecule has 2 aliphatic rings. The lowest BCUT2D eigenvalue weighted by atomic mass is 9.79. The minimum Gasteiger partial charge on any atom is -0.464 e. The monoisotopic (exact) mass is 1000 g/mol. The van der Waals surface area contributed by atoms with Gasteiger partial charge in [0.2, 0.25) is 5.89 Å². The molecule has 1 N–H and O–H groups in total. The molecule has 0 bridgehead atoms. The molecule has 0 aliphatic heterocycles. The first-order valence-corrected chi connectivity index (χ1v) is 31.2. The van der Waals surface area contributed by atoms with Gasteiger partial charge in [-0.05, 0) is 99.5 Å².